The van der Waals surface area contributed by atoms with Gasteiger partial charge in [-0.1, -0.05) is 18.2 Å². The van der Waals surface area contributed by atoms with E-state index in [2.05, 4.69) is 11.0 Å². The van der Waals surface area contributed by atoms with Crippen LogP contribution < -0.4 is 19.1 Å². The topological polar surface area (TPSA) is 71.5 Å². The molecule has 1 atom stereocenters. The van der Waals surface area contributed by atoms with Gasteiger partial charge < -0.3 is 29.1 Å². The summed E-state index contributed by atoms with van der Waals surface area (Å²) in [6, 6.07) is 11.8. The maximum absolute atomic E-state index is 13.1. The smallest absolute Gasteiger partial charge is 0.237 e. The van der Waals surface area contributed by atoms with Crippen LogP contribution in [0, 0.1) is 0 Å². The van der Waals surface area contributed by atoms with Crippen molar-refractivity contribution in [1.82, 2.24) is 4.90 Å². The second-order valence-corrected chi connectivity index (χ2v) is 8.92. The Kier molecular flexibility index (Phi) is 6.81. The summed E-state index contributed by atoms with van der Waals surface area (Å²) < 4.78 is 16.2. The Morgan fingerprint density at radius 1 is 1.03 bits per heavy atom. The van der Waals surface area contributed by atoms with Gasteiger partial charge in [0.1, 0.15) is 0 Å². The van der Waals surface area contributed by atoms with E-state index in [-0.39, 0.29) is 11.3 Å². The number of aliphatic hydroxyl groups excluding tert-OH is 1. The first-order chi connectivity index (χ1) is 15.9. The van der Waals surface area contributed by atoms with Crippen LogP contribution in [0.25, 0.3) is 0 Å². The molecule has 0 aromatic heterocycles. The number of fused-ring (bicyclic) bond motifs is 2. The van der Waals surface area contributed by atoms with Crippen LogP contribution >= 0.6 is 0 Å². The largest absolute Gasteiger partial charge is 0.493 e. The minimum atomic E-state index is -0.619. The lowest BCUT2D eigenvalue weighted by Gasteiger charge is -2.38. The first kappa shape index (κ1) is 23.4. The summed E-state index contributed by atoms with van der Waals surface area (Å²) in [5.41, 5.74) is 2.59. The third kappa shape index (κ3) is 4.15. The third-order valence-corrected chi connectivity index (χ3v) is 7.23. The molecular formula is C26H34N2O5. The summed E-state index contributed by atoms with van der Waals surface area (Å²) in [4.78, 5) is 17.3. The molecule has 178 valence electrons. The van der Waals surface area contributed by atoms with E-state index in [1.165, 1.54) is 5.56 Å². The molecule has 2 heterocycles. The Morgan fingerprint density at radius 2 is 1.67 bits per heavy atom. The fraction of sp³-hybridized carbons (Fsp3) is 0.500. The standard InChI is InChI=1S/C26H34N2O5/c1-27-20-9-6-5-8-19(20)26(25(27)30)11-14-28(15-12-26)13-7-10-21(29)18-16-22(31-2)24(33-4)23(17-18)32-3/h5-6,8-9,16-17,21,29H,7,10-15H2,1-4H3. The van der Waals surface area contributed by atoms with Crippen molar-refractivity contribution in [3.05, 3.63) is 47.5 Å². The fourth-order valence-electron chi connectivity index (χ4n) is 5.33. The number of likely N-dealkylation sites (N-methyl/N-ethyl adjacent to an activating group) is 1. The number of hydrogen-bond acceptors (Lipinski definition) is 6. The molecule has 33 heavy (non-hydrogen) atoms. The van der Waals surface area contributed by atoms with Gasteiger partial charge in [0.15, 0.2) is 11.5 Å². The SMILES string of the molecule is COc1cc(C(O)CCCN2CCC3(CC2)C(=O)N(C)c2ccccc23)cc(OC)c1OC. The lowest BCUT2D eigenvalue weighted by atomic mass is 9.73. The molecule has 1 spiro atoms. The van der Waals surface area contributed by atoms with Crippen LogP contribution in [0.15, 0.2) is 36.4 Å². The van der Waals surface area contributed by atoms with Crippen LogP contribution in [-0.2, 0) is 10.2 Å². The van der Waals surface area contributed by atoms with E-state index >= 15 is 0 Å². The van der Waals surface area contributed by atoms with Gasteiger partial charge in [-0.15, -0.1) is 0 Å². The number of carbonyl (C=O) groups excluding carboxylic acids is 1. The second kappa shape index (κ2) is 9.61. The monoisotopic (exact) mass is 454 g/mol. The summed E-state index contributed by atoms with van der Waals surface area (Å²) in [6.45, 7) is 2.66. The average molecular weight is 455 g/mol. The molecule has 1 amide bonds. The zero-order chi connectivity index (χ0) is 23.6. The first-order valence-electron chi connectivity index (χ1n) is 11.5. The summed E-state index contributed by atoms with van der Waals surface area (Å²) in [6.07, 6.45) is 2.54. The third-order valence-electron chi connectivity index (χ3n) is 7.23. The number of benzene rings is 2. The van der Waals surface area contributed by atoms with Gasteiger partial charge >= 0.3 is 0 Å². The van der Waals surface area contributed by atoms with Crippen LogP contribution in [0.4, 0.5) is 5.69 Å². The van der Waals surface area contributed by atoms with Crippen LogP contribution in [0.1, 0.15) is 42.9 Å². The van der Waals surface area contributed by atoms with Crippen molar-refractivity contribution >= 4 is 11.6 Å². The molecule has 2 aromatic carbocycles. The molecule has 1 N–H and O–H groups in total. The molecule has 0 bridgehead atoms. The molecule has 0 saturated carbocycles. The predicted octanol–water partition coefficient (Wildman–Crippen LogP) is 3.54. The molecule has 7 heteroatoms. The number of anilines is 1. The van der Waals surface area contributed by atoms with Gasteiger partial charge in [0.25, 0.3) is 0 Å². The maximum Gasteiger partial charge on any atom is 0.237 e. The van der Waals surface area contributed by atoms with Gasteiger partial charge in [-0.25, -0.2) is 0 Å². The Bertz CT molecular complexity index is 975. The molecule has 2 aliphatic rings. The second-order valence-electron chi connectivity index (χ2n) is 8.92. The van der Waals surface area contributed by atoms with Gasteiger partial charge in [0.2, 0.25) is 11.7 Å². The van der Waals surface area contributed by atoms with Crippen molar-refractivity contribution in [3.8, 4) is 17.2 Å². The number of ether oxygens (including phenoxy) is 3. The number of aliphatic hydroxyl groups is 1. The lowest BCUT2D eigenvalue weighted by Crippen LogP contribution is -2.48. The molecule has 1 saturated heterocycles. The molecule has 1 unspecified atom stereocenters. The summed E-state index contributed by atoms with van der Waals surface area (Å²) in [7, 11) is 6.59. The normalized spacial score (nSPS) is 18.3. The zero-order valence-corrected chi connectivity index (χ0v) is 20.0. The van der Waals surface area contributed by atoms with Crippen molar-refractivity contribution in [1.29, 1.82) is 0 Å². The summed E-state index contributed by atoms with van der Waals surface area (Å²) >= 11 is 0. The molecule has 7 nitrogen and oxygen atoms in total. The minimum Gasteiger partial charge on any atom is -0.493 e. The van der Waals surface area contributed by atoms with E-state index in [0.29, 0.717) is 23.7 Å². The highest BCUT2D eigenvalue weighted by Crippen LogP contribution is 2.47. The van der Waals surface area contributed by atoms with Crippen LogP contribution in [-0.4, -0.2) is 63.9 Å². The molecule has 0 aliphatic carbocycles. The van der Waals surface area contributed by atoms with Gasteiger partial charge in [-0.05, 0) is 74.6 Å². The van der Waals surface area contributed by atoms with Crippen molar-refractivity contribution in [2.75, 3.05) is 52.9 Å². The van der Waals surface area contributed by atoms with E-state index < -0.39 is 6.10 Å². The van der Waals surface area contributed by atoms with E-state index in [9.17, 15) is 9.90 Å². The van der Waals surface area contributed by atoms with E-state index in [1.807, 2.05) is 30.1 Å². The lowest BCUT2D eigenvalue weighted by molar-refractivity contribution is -0.124. The number of methoxy groups -OCH3 is 3. The van der Waals surface area contributed by atoms with Crippen molar-refractivity contribution < 1.29 is 24.1 Å². The van der Waals surface area contributed by atoms with Gasteiger partial charge in [-0.3, -0.25) is 4.79 Å². The molecule has 1 fully saturated rings. The molecule has 2 aliphatic heterocycles. The van der Waals surface area contributed by atoms with Crippen molar-refractivity contribution in [3.63, 3.8) is 0 Å². The highest BCUT2D eigenvalue weighted by Gasteiger charge is 2.50. The zero-order valence-electron chi connectivity index (χ0n) is 20.0. The maximum atomic E-state index is 13.1. The van der Waals surface area contributed by atoms with Gasteiger partial charge in [-0.2, -0.15) is 0 Å². The van der Waals surface area contributed by atoms with Crippen LogP contribution in [0.3, 0.4) is 0 Å². The number of piperidine rings is 1. The van der Waals surface area contributed by atoms with Gasteiger partial charge in [0, 0.05) is 12.7 Å². The quantitative estimate of drug-likeness (QED) is 0.658. The number of likely N-dealkylation sites (tertiary alicyclic amines) is 1. The first-order valence-corrected chi connectivity index (χ1v) is 11.5. The molecule has 2 aromatic rings. The molecular weight excluding hydrogens is 420 g/mol. The number of hydrogen-bond donors (Lipinski definition) is 1. The minimum absolute atomic E-state index is 0.223. The van der Waals surface area contributed by atoms with Gasteiger partial charge in [0.05, 0.1) is 32.8 Å². The Hall–Kier alpha value is -2.77. The number of rotatable bonds is 8. The summed E-state index contributed by atoms with van der Waals surface area (Å²) in [5, 5.41) is 10.8. The highest BCUT2D eigenvalue weighted by molar-refractivity contribution is 6.07. The number of amides is 1. The number of para-hydroxylation sites is 1. The van der Waals surface area contributed by atoms with E-state index in [1.54, 1.807) is 33.5 Å². The Morgan fingerprint density at radius 3 is 2.27 bits per heavy atom. The Balaban J connectivity index is 1.34. The van der Waals surface area contributed by atoms with Crippen LogP contribution in [0.5, 0.6) is 17.2 Å². The van der Waals surface area contributed by atoms with E-state index in [0.717, 1.165) is 50.1 Å². The number of carbonyl (C=O) groups is 1. The highest BCUT2D eigenvalue weighted by atomic mass is 16.5. The molecule has 4 rings (SSSR count). The van der Waals surface area contributed by atoms with Crippen molar-refractivity contribution in [2.24, 2.45) is 0 Å². The fourth-order valence-corrected chi connectivity index (χ4v) is 5.33. The van der Waals surface area contributed by atoms with Crippen LogP contribution in [0.2, 0.25) is 0 Å². The predicted molar refractivity (Wildman–Crippen MR) is 127 cm³/mol. The average Bonchev–Trinajstić information content (AvgIpc) is 3.06. The Labute approximate surface area is 195 Å². The number of nitrogens with zero attached hydrogens (tertiary/aromatic N) is 2. The van der Waals surface area contributed by atoms with E-state index in [4.69, 9.17) is 14.2 Å². The summed E-state index contributed by atoms with van der Waals surface area (Å²) in [5.74, 6) is 1.82. The molecule has 0 radical (unpaired) electrons. The van der Waals surface area contributed by atoms with Crippen molar-refractivity contribution in [2.45, 2.75) is 37.2 Å².